The highest BCUT2D eigenvalue weighted by atomic mass is 16.6. The Morgan fingerprint density at radius 1 is 1.25 bits per heavy atom. The highest BCUT2D eigenvalue weighted by Crippen LogP contribution is 2.20. The highest BCUT2D eigenvalue weighted by Gasteiger charge is 2.31. The first-order valence-corrected chi connectivity index (χ1v) is 8.08. The Labute approximate surface area is 142 Å². The smallest absolute Gasteiger partial charge is 0.410 e. The number of methoxy groups -OCH3 is 1. The van der Waals surface area contributed by atoms with Gasteiger partial charge in [0.05, 0.1) is 20.1 Å². The van der Waals surface area contributed by atoms with Crippen molar-refractivity contribution >= 4 is 12.1 Å². The van der Waals surface area contributed by atoms with Crippen molar-refractivity contribution in [2.75, 3.05) is 20.2 Å². The second kappa shape index (κ2) is 7.55. The van der Waals surface area contributed by atoms with E-state index in [9.17, 15) is 9.59 Å². The molecule has 1 heterocycles. The minimum atomic E-state index is -0.532. The molecule has 0 radical (unpaired) electrons. The maximum Gasteiger partial charge on any atom is 0.410 e. The number of hydrogen-bond donors (Lipinski definition) is 0. The van der Waals surface area contributed by atoms with E-state index in [-0.39, 0.29) is 24.6 Å². The third-order valence-electron chi connectivity index (χ3n) is 3.62. The summed E-state index contributed by atoms with van der Waals surface area (Å²) >= 11 is 0. The molecule has 0 N–H and O–H groups in total. The molecule has 2 rings (SSSR count). The van der Waals surface area contributed by atoms with Crippen molar-refractivity contribution in [3.8, 4) is 5.75 Å². The predicted molar refractivity (Wildman–Crippen MR) is 89.0 cm³/mol. The Kier molecular flexibility index (Phi) is 5.70. The van der Waals surface area contributed by atoms with Gasteiger partial charge in [-0.25, -0.2) is 4.79 Å². The Hall–Kier alpha value is -2.24. The van der Waals surface area contributed by atoms with E-state index in [0.717, 1.165) is 5.56 Å². The number of nitrogens with zero attached hydrogens (tertiary/aromatic N) is 1. The van der Waals surface area contributed by atoms with Crippen molar-refractivity contribution in [1.29, 1.82) is 0 Å². The standard InChI is InChI=1S/C18H25NO5/c1-18(2,3)24-17(21)19-10-9-14(12-19)23-16(20)11-13-7-5-6-8-15(13)22-4/h5-8,14H,9-12H2,1-4H3/t14-/m1/s1. The number of hydrogen-bond acceptors (Lipinski definition) is 5. The van der Waals surface area contributed by atoms with Crippen molar-refractivity contribution in [3.05, 3.63) is 29.8 Å². The van der Waals surface area contributed by atoms with E-state index >= 15 is 0 Å². The molecule has 1 aliphatic rings. The van der Waals surface area contributed by atoms with Gasteiger partial charge in [-0.2, -0.15) is 0 Å². The van der Waals surface area contributed by atoms with Gasteiger partial charge in [0.2, 0.25) is 0 Å². The van der Waals surface area contributed by atoms with Crippen LogP contribution < -0.4 is 4.74 Å². The molecule has 1 amide bonds. The van der Waals surface area contributed by atoms with Crippen LogP contribution in [0.25, 0.3) is 0 Å². The first-order chi connectivity index (χ1) is 11.3. The number of carbonyl (C=O) groups is 2. The van der Waals surface area contributed by atoms with Gasteiger partial charge in [0.1, 0.15) is 17.5 Å². The van der Waals surface area contributed by atoms with E-state index in [1.165, 1.54) is 0 Å². The number of benzene rings is 1. The number of amides is 1. The average Bonchev–Trinajstić information content (AvgIpc) is 2.94. The lowest BCUT2D eigenvalue weighted by Crippen LogP contribution is -2.36. The summed E-state index contributed by atoms with van der Waals surface area (Å²) in [6, 6.07) is 7.35. The Morgan fingerprint density at radius 3 is 2.62 bits per heavy atom. The Morgan fingerprint density at radius 2 is 1.96 bits per heavy atom. The molecule has 6 heteroatoms. The zero-order valence-corrected chi connectivity index (χ0v) is 14.7. The summed E-state index contributed by atoms with van der Waals surface area (Å²) in [6.45, 7) is 6.37. The average molecular weight is 335 g/mol. The minimum absolute atomic E-state index is 0.146. The topological polar surface area (TPSA) is 65.1 Å². The second-order valence-electron chi connectivity index (χ2n) is 6.82. The van der Waals surface area contributed by atoms with E-state index in [4.69, 9.17) is 14.2 Å². The van der Waals surface area contributed by atoms with Gasteiger partial charge in [0.15, 0.2) is 0 Å². The van der Waals surface area contributed by atoms with Crippen molar-refractivity contribution in [2.24, 2.45) is 0 Å². The first kappa shape index (κ1) is 18.1. The fourth-order valence-electron chi connectivity index (χ4n) is 2.55. The SMILES string of the molecule is COc1ccccc1CC(=O)O[C@@H]1CCN(C(=O)OC(C)(C)C)C1. The van der Waals surface area contributed by atoms with Crippen LogP contribution in [0.4, 0.5) is 4.79 Å². The lowest BCUT2D eigenvalue weighted by molar-refractivity contribution is -0.147. The number of rotatable bonds is 4. The predicted octanol–water partition coefficient (Wildman–Crippen LogP) is 2.79. The third-order valence-corrected chi connectivity index (χ3v) is 3.62. The van der Waals surface area contributed by atoms with Crippen LogP contribution in [0.15, 0.2) is 24.3 Å². The molecule has 0 aromatic heterocycles. The zero-order chi connectivity index (χ0) is 17.7. The Bertz CT molecular complexity index is 593. The molecule has 0 aliphatic carbocycles. The van der Waals surface area contributed by atoms with E-state index < -0.39 is 5.60 Å². The van der Waals surface area contributed by atoms with Gasteiger partial charge in [-0.3, -0.25) is 4.79 Å². The summed E-state index contributed by atoms with van der Waals surface area (Å²) in [7, 11) is 1.57. The molecule has 1 fully saturated rings. The fraction of sp³-hybridized carbons (Fsp3) is 0.556. The minimum Gasteiger partial charge on any atom is -0.496 e. The summed E-state index contributed by atoms with van der Waals surface area (Å²) in [6.07, 6.45) is 0.106. The zero-order valence-electron chi connectivity index (χ0n) is 14.7. The number of likely N-dealkylation sites (tertiary alicyclic amines) is 1. The quantitative estimate of drug-likeness (QED) is 0.792. The molecular weight excluding hydrogens is 310 g/mol. The molecule has 1 aromatic rings. The van der Waals surface area contributed by atoms with Gasteiger partial charge in [-0.05, 0) is 26.8 Å². The number of para-hydroxylation sites is 1. The van der Waals surface area contributed by atoms with Crippen LogP contribution in [0.2, 0.25) is 0 Å². The summed E-state index contributed by atoms with van der Waals surface area (Å²) < 4.78 is 16.0. The molecule has 1 aromatic carbocycles. The normalized spacial score (nSPS) is 17.5. The maximum atomic E-state index is 12.1. The van der Waals surface area contributed by atoms with Crippen LogP contribution in [0.1, 0.15) is 32.8 Å². The summed E-state index contributed by atoms with van der Waals surface area (Å²) in [5, 5.41) is 0. The third kappa shape index (κ3) is 5.15. The van der Waals surface area contributed by atoms with E-state index in [1.807, 2.05) is 45.0 Å². The van der Waals surface area contributed by atoms with E-state index in [2.05, 4.69) is 0 Å². The molecular formula is C18H25NO5. The van der Waals surface area contributed by atoms with Gasteiger partial charge in [0, 0.05) is 18.5 Å². The Balaban J connectivity index is 1.84. The molecule has 6 nitrogen and oxygen atoms in total. The molecule has 1 atom stereocenters. The van der Waals surface area contributed by atoms with Crippen LogP contribution in [0.3, 0.4) is 0 Å². The lowest BCUT2D eigenvalue weighted by atomic mass is 10.1. The van der Waals surface area contributed by atoms with Crippen LogP contribution in [0, 0.1) is 0 Å². The molecule has 0 saturated carbocycles. The fourth-order valence-corrected chi connectivity index (χ4v) is 2.55. The van der Waals surface area contributed by atoms with Crippen LogP contribution in [0.5, 0.6) is 5.75 Å². The molecule has 0 spiro atoms. The second-order valence-corrected chi connectivity index (χ2v) is 6.82. The monoisotopic (exact) mass is 335 g/mol. The first-order valence-electron chi connectivity index (χ1n) is 8.08. The number of ether oxygens (including phenoxy) is 3. The molecule has 0 unspecified atom stereocenters. The van der Waals surface area contributed by atoms with Crippen LogP contribution >= 0.6 is 0 Å². The van der Waals surface area contributed by atoms with Gasteiger partial charge >= 0.3 is 12.1 Å². The van der Waals surface area contributed by atoms with Crippen LogP contribution in [-0.2, 0) is 20.7 Å². The molecule has 1 saturated heterocycles. The van der Waals surface area contributed by atoms with Gasteiger partial charge in [-0.15, -0.1) is 0 Å². The van der Waals surface area contributed by atoms with Crippen molar-refractivity contribution in [2.45, 2.75) is 45.3 Å². The van der Waals surface area contributed by atoms with Gasteiger partial charge in [0.25, 0.3) is 0 Å². The van der Waals surface area contributed by atoms with E-state index in [0.29, 0.717) is 25.3 Å². The lowest BCUT2D eigenvalue weighted by Gasteiger charge is -2.24. The largest absolute Gasteiger partial charge is 0.496 e. The number of esters is 1. The van der Waals surface area contributed by atoms with Crippen molar-refractivity contribution < 1.29 is 23.8 Å². The van der Waals surface area contributed by atoms with Gasteiger partial charge in [-0.1, -0.05) is 18.2 Å². The van der Waals surface area contributed by atoms with Crippen molar-refractivity contribution in [3.63, 3.8) is 0 Å². The molecule has 24 heavy (non-hydrogen) atoms. The summed E-state index contributed by atoms with van der Waals surface area (Å²) in [4.78, 5) is 25.7. The molecule has 132 valence electrons. The molecule has 1 aliphatic heterocycles. The van der Waals surface area contributed by atoms with Gasteiger partial charge < -0.3 is 19.1 Å². The molecule has 0 bridgehead atoms. The maximum absolute atomic E-state index is 12.1. The highest BCUT2D eigenvalue weighted by molar-refractivity contribution is 5.74. The van der Waals surface area contributed by atoms with Crippen LogP contribution in [-0.4, -0.2) is 48.9 Å². The van der Waals surface area contributed by atoms with Crippen molar-refractivity contribution in [1.82, 2.24) is 4.90 Å². The summed E-state index contributed by atoms with van der Waals surface area (Å²) in [5.41, 5.74) is 0.252. The summed E-state index contributed by atoms with van der Waals surface area (Å²) in [5.74, 6) is 0.340. The number of carbonyl (C=O) groups excluding carboxylic acids is 2. The van der Waals surface area contributed by atoms with E-state index in [1.54, 1.807) is 12.0 Å².